The number of aliphatic hydroxyl groups is 2. The van der Waals surface area contributed by atoms with Crippen LogP contribution in [0.3, 0.4) is 0 Å². The second kappa shape index (κ2) is 14.7. The van der Waals surface area contributed by atoms with Gasteiger partial charge in [0.15, 0.2) is 0 Å². The van der Waals surface area contributed by atoms with Crippen molar-refractivity contribution in [2.45, 2.75) is 117 Å². The number of carbonyl (C=O) groups excluding carboxylic acids is 1. The summed E-state index contributed by atoms with van der Waals surface area (Å²) in [7, 11) is 0. The predicted molar refractivity (Wildman–Crippen MR) is 168 cm³/mol. The molecule has 0 spiro atoms. The summed E-state index contributed by atoms with van der Waals surface area (Å²) in [6.45, 7) is 14.2. The van der Waals surface area contributed by atoms with Gasteiger partial charge in [0, 0.05) is 12.3 Å². The maximum absolute atomic E-state index is 14.0. The van der Waals surface area contributed by atoms with Crippen molar-refractivity contribution in [3.8, 4) is 0 Å². The average molecular weight is 614 g/mol. The Morgan fingerprint density at radius 2 is 1.93 bits per heavy atom. The molecule has 3 N–H and O–H groups in total. The van der Waals surface area contributed by atoms with E-state index in [1.54, 1.807) is 19.1 Å². The molecule has 1 aliphatic carbocycles. The minimum atomic E-state index is -1.76. The monoisotopic (exact) mass is 613 g/mol. The van der Waals surface area contributed by atoms with Gasteiger partial charge in [-0.05, 0) is 75.0 Å². The van der Waals surface area contributed by atoms with Gasteiger partial charge in [0.25, 0.3) is 0 Å². The first-order chi connectivity index (χ1) is 20.8. The number of fused-ring (bicyclic) bond motifs is 2. The van der Waals surface area contributed by atoms with Gasteiger partial charge in [-0.1, -0.05) is 74.9 Å². The lowest BCUT2D eigenvalue weighted by Gasteiger charge is -2.41. The number of oxime groups is 1. The first kappa shape index (κ1) is 34.3. The third-order valence-corrected chi connectivity index (χ3v) is 9.37. The molecule has 44 heavy (non-hydrogen) atoms. The highest BCUT2D eigenvalue weighted by Crippen LogP contribution is 2.45. The number of ether oxygens (including phenoxy) is 2. The highest BCUT2D eigenvalue weighted by molar-refractivity contribution is 5.87. The lowest BCUT2D eigenvalue weighted by Crippen LogP contribution is -2.57. The Morgan fingerprint density at radius 3 is 2.64 bits per heavy atom. The minimum absolute atomic E-state index is 0.0948. The third kappa shape index (κ3) is 7.62. The highest BCUT2D eigenvalue weighted by Gasteiger charge is 2.59. The molecule has 2 saturated heterocycles. The molecule has 2 fully saturated rings. The highest BCUT2D eigenvalue weighted by atomic mass is 17.2. The van der Waals surface area contributed by atoms with Crippen molar-refractivity contribution in [2.24, 2.45) is 28.8 Å². The van der Waals surface area contributed by atoms with Gasteiger partial charge in [0.05, 0.1) is 18.4 Å². The SMILES string of the molecule is CC1=C[C@H]2C(=O)O[C@@H]3CC/C(=N\O)[C@H](C)[C@@H](/C(C)=C/C(C)C)OO[C@H](C/C=C(\C)C[C@@H](C)/C=C/C=C4/CO[C@H]([C@@H]1O)[C@@]42O)C3. The minimum Gasteiger partial charge on any atom is -0.462 e. The zero-order valence-corrected chi connectivity index (χ0v) is 27.2. The van der Waals surface area contributed by atoms with Crippen molar-refractivity contribution >= 4 is 11.7 Å². The first-order valence-electron chi connectivity index (χ1n) is 16.0. The summed E-state index contributed by atoms with van der Waals surface area (Å²) in [6, 6.07) is 0. The molecule has 3 aliphatic heterocycles. The summed E-state index contributed by atoms with van der Waals surface area (Å²) in [5.74, 6) is -1.44. The second-order valence-corrected chi connectivity index (χ2v) is 13.5. The fourth-order valence-electron chi connectivity index (χ4n) is 6.92. The second-order valence-electron chi connectivity index (χ2n) is 13.5. The van der Waals surface area contributed by atoms with Crippen LogP contribution in [0.1, 0.15) is 80.6 Å². The van der Waals surface area contributed by atoms with Gasteiger partial charge >= 0.3 is 5.97 Å². The van der Waals surface area contributed by atoms with E-state index in [1.165, 1.54) is 5.57 Å². The van der Waals surface area contributed by atoms with Gasteiger partial charge in [0.2, 0.25) is 0 Å². The Labute approximate surface area is 261 Å². The van der Waals surface area contributed by atoms with Crippen LogP contribution in [0, 0.1) is 23.7 Å². The molecule has 244 valence electrons. The molecule has 9 atom stereocenters. The van der Waals surface area contributed by atoms with Crippen LogP contribution in [-0.4, -0.2) is 69.8 Å². The van der Waals surface area contributed by atoms with E-state index in [0.717, 1.165) is 12.0 Å². The summed E-state index contributed by atoms with van der Waals surface area (Å²) in [4.78, 5) is 26.2. The molecular weight excluding hydrogens is 562 g/mol. The summed E-state index contributed by atoms with van der Waals surface area (Å²) in [5.41, 5.74) is 2.02. The number of aliphatic hydroxyl groups excluding tert-OH is 1. The predicted octanol–water partition coefficient (Wildman–Crippen LogP) is 5.76. The van der Waals surface area contributed by atoms with Crippen LogP contribution in [0.4, 0.5) is 0 Å². The van der Waals surface area contributed by atoms with Crippen LogP contribution >= 0.6 is 0 Å². The van der Waals surface area contributed by atoms with Crippen molar-refractivity contribution < 1.29 is 39.5 Å². The van der Waals surface area contributed by atoms with Crippen LogP contribution in [-0.2, 0) is 24.0 Å². The standard InChI is InChI=1S/C35H51NO8/c1-20(2)15-24(6)32-25(7)30(36-40)14-13-27-18-28(43-44-32)12-11-22(4)16-21(3)9-8-10-26-19-41-33-31(37)23(5)17-29(34(38)42-27)35(26,33)39/h8-11,15,17,20-21,25,27-29,31-33,37,39-40H,12-14,16,18-19H2,1-7H3/b9-8+,22-11+,24-15+,26-10-,36-30+/t21-,25-,27+,28+,29-,31+,32+,33+,35+/m0/s1. The molecule has 0 unspecified atom stereocenters. The first-order valence-corrected chi connectivity index (χ1v) is 16.0. The molecule has 0 aromatic carbocycles. The number of carbonyl (C=O) groups is 1. The van der Waals surface area contributed by atoms with E-state index in [-0.39, 0.29) is 18.4 Å². The zero-order valence-electron chi connectivity index (χ0n) is 27.2. The molecule has 0 radical (unpaired) electrons. The van der Waals surface area contributed by atoms with Crippen molar-refractivity contribution in [1.82, 2.24) is 0 Å². The van der Waals surface area contributed by atoms with Crippen LogP contribution in [0.2, 0.25) is 0 Å². The van der Waals surface area contributed by atoms with E-state index in [2.05, 4.69) is 51.1 Å². The number of allylic oxidation sites excluding steroid dienone is 5. The van der Waals surface area contributed by atoms with Crippen molar-refractivity contribution in [1.29, 1.82) is 0 Å². The number of hydrogen-bond donors (Lipinski definition) is 3. The average Bonchev–Trinajstić information content (AvgIpc) is 3.29. The normalized spacial score (nSPS) is 42.0. The Balaban J connectivity index is 1.73. The van der Waals surface area contributed by atoms with Gasteiger partial charge < -0.3 is 24.9 Å². The van der Waals surface area contributed by atoms with Gasteiger partial charge in [-0.3, -0.25) is 4.79 Å². The zero-order chi connectivity index (χ0) is 32.2. The molecule has 4 rings (SSSR count). The molecule has 0 saturated carbocycles. The topological polar surface area (TPSA) is 127 Å². The molecule has 4 aliphatic rings. The fraction of sp³-hybridized carbons (Fsp3) is 0.657. The summed E-state index contributed by atoms with van der Waals surface area (Å²) < 4.78 is 12.1. The summed E-state index contributed by atoms with van der Waals surface area (Å²) in [5, 5.41) is 36.6. The van der Waals surface area contributed by atoms with E-state index in [1.807, 2.05) is 19.9 Å². The third-order valence-electron chi connectivity index (χ3n) is 9.37. The Kier molecular flexibility index (Phi) is 11.5. The Morgan fingerprint density at radius 1 is 1.18 bits per heavy atom. The smallest absolute Gasteiger partial charge is 0.316 e. The molecule has 0 amide bonds. The van der Waals surface area contributed by atoms with Gasteiger partial charge in [-0.2, -0.15) is 0 Å². The summed E-state index contributed by atoms with van der Waals surface area (Å²) >= 11 is 0. The van der Waals surface area contributed by atoms with Gasteiger partial charge in [-0.25, -0.2) is 9.78 Å². The van der Waals surface area contributed by atoms with Crippen LogP contribution in [0.15, 0.2) is 63.9 Å². The van der Waals surface area contributed by atoms with Crippen LogP contribution < -0.4 is 0 Å². The van der Waals surface area contributed by atoms with Crippen molar-refractivity contribution in [2.75, 3.05) is 6.61 Å². The molecule has 0 aromatic heterocycles. The molecule has 9 nitrogen and oxygen atoms in total. The largest absolute Gasteiger partial charge is 0.462 e. The van der Waals surface area contributed by atoms with E-state index in [9.17, 15) is 20.2 Å². The number of rotatable bonds is 2. The molecular formula is C35H51NO8. The number of nitrogens with zero attached hydrogens (tertiary/aromatic N) is 1. The maximum atomic E-state index is 14.0. The van der Waals surface area contributed by atoms with E-state index >= 15 is 0 Å². The van der Waals surface area contributed by atoms with Crippen LogP contribution in [0.25, 0.3) is 0 Å². The molecule has 3 heterocycles. The van der Waals surface area contributed by atoms with Crippen LogP contribution in [0.5, 0.6) is 0 Å². The Bertz CT molecular complexity index is 1230. The van der Waals surface area contributed by atoms with Gasteiger partial charge in [-0.15, -0.1) is 0 Å². The molecule has 0 aromatic rings. The maximum Gasteiger partial charge on any atom is 0.316 e. The van der Waals surface area contributed by atoms with E-state index in [0.29, 0.717) is 48.5 Å². The lowest BCUT2D eigenvalue weighted by atomic mass is 9.71. The van der Waals surface area contributed by atoms with Crippen molar-refractivity contribution in [3.63, 3.8) is 0 Å². The fourth-order valence-corrected chi connectivity index (χ4v) is 6.92. The van der Waals surface area contributed by atoms with E-state index < -0.39 is 48.0 Å². The summed E-state index contributed by atoms with van der Waals surface area (Å²) in [6.07, 6.45) is 10.6. The molecule has 2 bridgehead atoms. The van der Waals surface area contributed by atoms with Crippen molar-refractivity contribution in [3.05, 3.63) is 58.7 Å². The lowest BCUT2D eigenvalue weighted by molar-refractivity contribution is -0.350. The van der Waals surface area contributed by atoms with E-state index in [4.69, 9.17) is 19.2 Å². The van der Waals surface area contributed by atoms with Gasteiger partial charge in [0.1, 0.15) is 35.9 Å². The Hall–Kier alpha value is -2.56. The number of hydrogen-bond acceptors (Lipinski definition) is 9. The number of esters is 1. The molecule has 9 heteroatoms. The quantitative estimate of drug-likeness (QED) is 0.118.